The van der Waals surface area contributed by atoms with Crippen molar-refractivity contribution >= 4 is 63.5 Å². The molecule has 0 spiro atoms. The number of nitrogens with one attached hydrogen (secondary N) is 3. The summed E-state index contributed by atoms with van der Waals surface area (Å²) in [5.41, 5.74) is 15.8. The van der Waals surface area contributed by atoms with Gasteiger partial charge in [0.15, 0.2) is 0 Å². The summed E-state index contributed by atoms with van der Waals surface area (Å²) in [6.07, 6.45) is 2.00. The van der Waals surface area contributed by atoms with E-state index in [0.29, 0.717) is 115 Å². The van der Waals surface area contributed by atoms with Crippen LogP contribution in [0.5, 0.6) is 11.5 Å². The van der Waals surface area contributed by atoms with Gasteiger partial charge in [0.05, 0.1) is 42.2 Å². The second kappa shape index (κ2) is 19.0. The summed E-state index contributed by atoms with van der Waals surface area (Å²) < 4.78 is 19.5. The highest BCUT2D eigenvalue weighted by atomic mass is 16.5. The highest BCUT2D eigenvalue weighted by molar-refractivity contribution is 6.05. The number of aryl methyl sites for hydroxylation is 5. The summed E-state index contributed by atoms with van der Waals surface area (Å²) in [5.74, 6) is -1.09. The van der Waals surface area contributed by atoms with Crippen LogP contribution in [0.25, 0.3) is 22.1 Å². The monoisotopic (exact) mass is 878 g/mol. The van der Waals surface area contributed by atoms with Crippen molar-refractivity contribution in [2.75, 3.05) is 51.0 Å². The molecular formula is C43H54N14O7. The van der Waals surface area contributed by atoms with Gasteiger partial charge in [0.1, 0.15) is 33.9 Å². The molecule has 7 N–H and O–H groups in total. The Balaban J connectivity index is 1.23. The van der Waals surface area contributed by atoms with Gasteiger partial charge in [0.2, 0.25) is 29.6 Å². The molecule has 338 valence electrons. The minimum atomic E-state index is -0.687. The molecule has 21 heteroatoms. The van der Waals surface area contributed by atoms with Crippen molar-refractivity contribution in [2.45, 2.75) is 79.1 Å². The van der Waals surface area contributed by atoms with Crippen molar-refractivity contribution in [1.82, 2.24) is 48.9 Å². The van der Waals surface area contributed by atoms with Crippen LogP contribution in [0.1, 0.15) is 98.7 Å². The Kier molecular flexibility index (Phi) is 13.3. The predicted molar refractivity (Wildman–Crippen MR) is 238 cm³/mol. The van der Waals surface area contributed by atoms with Crippen LogP contribution in [0, 0.1) is 13.8 Å². The van der Waals surface area contributed by atoms with Crippen LogP contribution < -0.4 is 36.9 Å². The Labute approximate surface area is 368 Å². The fraction of sp³-hybridized carbons (Fsp3) is 0.419. The molecule has 6 aromatic rings. The van der Waals surface area contributed by atoms with Gasteiger partial charge >= 0.3 is 0 Å². The number of fused-ring (bicyclic) bond motifs is 1. The zero-order valence-electron chi connectivity index (χ0n) is 36.9. The van der Waals surface area contributed by atoms with Crippen LogP contribution in [0.15, 0.2) is 36.4 Å². The van der Waals surface area contributed by atoms with E-state index < -0.39 is 23.6 Å². The molecule has 1 atom stereocenters. The number of amides is 5. The first kappa shape index (κ1) is 44.8. The molecule has 0 unspecified atom stereocenters. The van der Waals surface area contributed by atoms with Crippen LogP contribution in [0.4, 0.5) is 11.9 Å². The molecule has 5 amide bonds. The van der Waals surface area contributed by atoms with Crippen molar-refractivity contribution in [2.24, 2.45) is 11.5 Å². The van der Waals surface area contributed by atoms with Gasteiger partial charge in [0, 0.05) is 49.8 Å². The van der Waals surface area contributed by atoms with E-state index in [1.165, 1.54) is 0 Å². The number of hydrogen-bond donors (Lipinski definition) is 5. The summed E-state index contributed by atoms with van der Waals surface area (Å²) >= 11 is 0. The number of anilines is 2. The number of hydrogen-bond acceptors (Lipinski definition) is 12. The van der Waals surface area contributed by atoms with Gasteiger partial charge in [0.25, 0.3) is 11.8 Å². The van der Waals surface area contributed by atoms with Crippen molar-refractivity contribution in [3.8, 4) is 11.5 Å². The third-order valence-corrected chi connectivity index (χ3v) is 10.8. The van der Waals surface area contributed by atoms with Crippen LogP contribution in [-0.4, -0.2) is 113 Å². The first-order chi connectivity index (χ1) is 30.6. The van der Waals surface area contributed by atoms with E-state index in [2.05, 4.69) is 26.1 Å². The maximum atomic E-state index is 13.9. The molecule has 7 rings (SSSR count). The molecule has 0 bridgehead atoms. The zero-order valence-corrected chi connectivity index (χ0v) is 36.9. The van der Waals surface area contributed by atoms with Gasteiger partial charge in [-0.3, -0.25) is 44.0 Å². The minimum Gasteiger partial charge on any atom is -0.491 e. The lowest BCUT2D eigenvalue weighted by Crippen LogP contribution is -2.34. The smallest absolute Gasteiger partial charge is 0.276 e. The average Bonchev–Trinajstić information content (AvgIpc) is 3.98. The molecule has 21 nitrogen and oxygen atoms in total. The first-order valence-corrected chi connectivity index (χ1v) is 21.2. The lowest BCUT2D eigenvalue weighted by molar-refractivity contribution is -0.121. The SMILES string of the molecule is CCn1nc(C)cc1C(=O)Nc1nc2cc(C(N)=O)cc(OCCCNC(=O)CN(C)C)c2n1CCC[C@H]1CCOc2cc(C(N)=O)cc3nc(NC(=O)c4cc(C)nn4CC)n1c23. The third-order valence-electron chi connectivity index (χ3n) is 10.8. The lowest BCUT2D eigenvalue weighted by atomic mass is 10.1. The van der Waals surface area contributed by atoms with Crippen LogP contribution in [0.3, 0.4) is 0 Å². The number of nitrogens with zero attached hydrogens (tertiary/aromatic N) is 9. The summed E-state index contributed by atoms with van der Waals surface area (Å²) in [4.78, 5) is 76.2. The Bertz CT molecular complexity index is 2760. The second-order valence-corrected chi connectivity index (χ2v) is 15.9. The number of imidazole rings is 2. The zero-order chi connectivity index (χ0) is 45.8. The number of likely N-dealkylation sites (N-methyl/N-ethyl adjacent to an activating group) is 1. The minimum absolute atomic E-state index is 0.120. The topological polar surface area (TPSA) is 266 Å². The summed E-state index contributed by atoms with van der Waals surface area (Å²) in [7, 11) is 3.62. The Morgan fingerprint density at radius 2 is 1.41 bits per heavy atom. The van der Waals surface area contributed by atoms with Crippen molar-refractivity contribution in [3.63, 3.8) is 0 Å². The van der Waals surface area contributed by atoms with Crippen molar-refractivity contribution in [3.05, 3.63) is 70.3 Å². The van der Waals surface area contributed by atoms with Crippen LogP contribution in [-0.2, 0) is 24.4 Å². The molecule has 1 aliphatic rings. The van der Waals surface area contributed by atoms with Gasteiger partial charge < -0.3 is 40.3 Å². The van der Waals surface area contributed by atoms with E-state index in [1.54, 1.807) is 57.6 Å². The number of rotatable bonds is 19. The maximum absolute atomic E-state index is 13.9. The van der Waals surface area contributed by atoms with Gasteiger partial charge in [-0.05, 0) is 97.5 Å². The van der Waals surface area contributed by atoms with E-state index >= 15 is 0 Å². The molecular weight excluding hydrogens is 825 g/mol. The molecule has 4 aromatic heterocycles. The number of carbonyl (C=O) groups excluding carboxylic acids is 5. The molecule has 0 saturated carbocycles. The molecule has 64 heavy (non-hydrogen) atoms. The quantitative estimate of drug-likeness (QED) is 0.0734. The number of benzene rings is 2. The van der Waals surface area contributed by atoms with Crippen LogP contribution >= 0.6 is 0 Å². The largest absolute Gasteiger partial charge is 0.491 e. The number of aromatic nitrogens is 8. The van der Waals surface area contributed by atoms with Crippen molar-refractivity contribution < 1.29 is 33.4 Å². The van der Waals surface area contributed by atoms with Crippen molar-refractivity contribution in [1.29, 1.82) is 0 Å². The van der Waals surface area contributed by atoms with Gasteiger partial charge in [-0.2, -0.15) is 10.2 Å². The standard InChI is InChI=1S/C43H54N14O7/c1-7-55-31(17-24(3)51-55)40(61)49-42-47-29-19-26(38(44)59)21-33(63-15-10-13-46-35(58)23-53(5)6)36(29)54(42)14-9-11-28-12-16-64-34-22-27(39(45)60)20-30-37(34)57(28)43(48-30)50-41(62)32-18-25(4)52-56(32)8-2/h17-22,28H,7-16,23H2,1-6H3,(H2,44,59)(H2,45,60)(H,46,58)(H,47,49,61)(H,48,50,62)/t28-/m0/s1. The average molecular weight is 879 g/mol. The lowest BCUT2D eigenvalue weighted by Gasteiger charge is -2.21. The molecule has 0 aliphatic carbocycles. The van der Waals surface area contributed by atoms with Crippen LogP contribution in [0.2, 0.25) is 0 Å². The predicted octanol–water partition coefficient (Wildman–Crippen LogP) is 3.39. The highest BCUT2D eigenvalue weighted by Gasteiger charge is 2.29. The number of primary amides is 2. The fourth-order valence-corrected chi connectivity index (χ4v) is 7.97. The summed E-state index contributed by atoms with van der Waals surface area (Å²) in [6.45, 7) is 9.75. The van der Waals surface area contributed by atoms with E-state index in [4.69, 9.17) is 30.9 Å². The molecule has 2 aromatic carbocycles. The van der Waals surface area contributed by atoms with Gasteiger partial charge in [-0.25, -0.2) is 9.97 Å². The summed E-state index contributed by atoms with van der Waals surface area (Å²) in [6, 6.07) is 9.41. The van der Waals surface area contributed by atoms with Gasteiger partial charge in [-0.15, -0.1) is 0 Å². The molecule has 0 radical (unpaired) electrons. The normalized spacial score (nSPS) is 13.5. The Morgan fingerprint density at radius 3 is 2.02 bits per heavy atom. The van der Waals surface area contributed by atoms with Gasteiger partial charge in [-0.1, -0.05) is 0 Å². The van der Waals surface area contributed by atoms with E-state index in [0.717, 1.165) is 0 Å². The Morgan fingerprint density at radius 1 is 0.812 bits per heavy atom. The fourth-order valence-electron chi connectivity index (χ4n) is 7.97. The molecule has 1 aliphatic heterocycles. The number of nitrogens with two attached hydrogens (primary N) is 2. The molecule has 5 heterocycles. The Hall–Kier alpha value is -7.29. The summed E-state index contributed by atoms with van der Waals surface area (Å²) in [5, 5.41) is 17.7. The molecule has 0 fully saturated rings. The number of carbonyl (C=O) groups is 5. The highest BCUT2D eigenvalue weighted by Crippen LogP contribution is 2.39. The molecule has 0 saturated heterocycles. The van der Waals surface area contributed by atoms with E-state index in [9.17, 15) is 24.0 Å². The number of ether oxygens (including phenoxy) is 2. The maximum Gasteiger partial charge on any atom is 0.276 e. The second-order valence-electron chi connectivity index (χ2n) is 15.9. The van der Waals surface area contributed by atoms with E-state index in [1.807, 2.05) is 44.0 Å². The third kappa shape index (κ3) is 9.53. The first-order valence-electron chi connectivity index (χ1n) is 21.2. The van der Waals surface area contributed by atoms with E-state index in [-0.39, 0.29) is 48.1 Å².